The smallest absolute Gasteiger partial charge is 0.306 e. The van der Waals surface area contributed by atoms with Crippen molar-refractivity contribution in [3.63, 3.8) is 0 Å². The first-order chi connectivity index (χ1) is 10.1. The molecule has 0 amide bonds. The SMILES string of the molecule is CCOC(=O)CCc1csc(-c2ccc(OC)c(F)c2)n1. The molecule has 0 N–H and O–H groups in total. The molecule has 0 saturated carbocycles. The van der Waals surface area contributed by atoms with Crippen molar-refractivity contribution >= 4 is 17.3 Å². The number of benzene rings is 1. The largest absolute Gasteiger partial charge is 0.494 e. The van der Waals surface area contributed by atoms with Gasteiger partial charge in [-0.15, -0.1) is 11.3 Å². The lowest BCUT2D eigenvalue weighted by molar-refractivity contribution is -0.143. The van der Waals surface area contributed by atoms with E-state index in [4.69, 9.17) is 9.47 Å². The van der Waals surface area contributed by atoms with E-state index in [1.165, 1.54) is 24.5 Å². The van der Waals surface area contributed by atoms with Crippen LogP contribution in [-0.2, 0) is 16.0 Å². The van der Waals surface area contributed by atoms with Crippen LogP contribution in [0.1, 0.15) is 19.0 Å². The Morgan fingerprint density at radius 1 is 1.43 bits per heavy atom. The Labute approximate surface area is 126 Å². The average Bonchev–Trinajstić information content (AvgIpc) is 2.94. The van der Waals surface area contributed by atoms with E-state index in [1.807, 2.05) is 5.38 Å². The number of aromatic nitrogens is 1. The lowest BCUT2D eigenvalue weighted by Crippen LogP contribution is -2.05. The highest BCUT2D eigenvalue weighted by atomic mass is 32.1. The van der Waals surface area contributed by atoms with E-state index in [1.54, 1.807) is 19.1 Å². The number of ether oxygens (including phenoxy) is 2. The number of carbonyl (C=O) groups is 1. The van der Waals surface area contributed by atoms with E-state index in [0.29, 0.717) is 25.0 Å². The van der Waals surface area contributed by atoms with Gasteiger partial charge in [-0.2, -0.15) is 0 Å². The van der Waals surface area contributed by atoms with Gasteiger partial charge < -0.3 is 9.47 Å². The Morgan fingerprint density at radius 2 is 2.24 bits per heavy atom. The van der Waals surface area contributed by atoms with E-state index in [0.717, 1.165) is 10.7 Å². The van der Waals surface area contributed by atoms with Gasteiger partial charge in [0, 0.05) is 17.4 Å². The molecule has 0 spiro atoms. The Hall–Kier alpha value is -1.95. The monoisotopic (exact) mass is 309 g/mol. The number of thiazole rings is 1. The molecule has 0 aliphatic rings. The van der Waals surface area contributed by atoms with Crippen molar-refractivity contribution in [2.45, 2.75) is 19.8 Å². The fourth-order valence-electron chi connectivity index (χ4n) is 1.82. The molecule has 1 heterocycles. The lowest BCUT2D eigenvalue weighted by atomic mass is 10.2. The van der Waals surface area contributed by atoms with Crippen LogP contribution in [0.5, 0.6) is 5.75 Å². The zero-order chi connectivity index (χ0) is 15.2. The summed E-state index contributed by atoms with van der Waals surface area (Å²) in [6.07, 6.45) is 0.821. The molecular weight excluding hydrogens is 293 g/mol. The van der Waals surface area contributed by atoms with Gasteiger partial charge in [-0.3, -0.25) is 4.79 Å². The van der Waals surface area contributed by atoms with Crippen LogP contribution in [0.25, 0.3) is 10.6 Å². The average molecular weight is 309 g/mol. The summed E-state index contributed by atoms with van der Waals surface area (Å²) in [5, 5.41) is 2.59. The number of esters is 1. The highest BCUT2D eigenvalue weighted by molar-refractivity contribution is 7.13. The molecule has 6 heteroatoms. The van der Waals surface area contributed by atoms with Crippen molar-refractivity contribution in [2.75, 3.05) is 13.7 Å². The van der Waals surface area contributed by atoms with E-state index in [2.05, 4.69) is 4.98 Å². The van der Waals surface area contributed by atoms with E-state index in [9.17, 15) is 9.18 Å². The maximum Gasteiger partial charge on any atom is 0.306 e. The zero-order valence-corrected chi connectivity index (χ0v) is 12.7. The fourth-order valence-corrected chi connectivity index (χ4v) is 2.67. The summed E-state index contributed by atoms with van der Waals surface area (Å²) in [6.45, 7) is 2.16. The molecule has 0 atom stereocenters. The summed E-state index contributed by atoms with van der Waals surface area (Å²) in [6, 6.07) is 4.73. The quantitative estimate of drug-likeness (QED) is 0.767. The minimum absolute atomic E-state index is 0.206. The van der Waals surface area contributed by atoms with Crippen molar-refractivity contribution in [3.05, 3.63) is 35.1 Å². The Balaban J connectivity index is 2.05. The first-order valence-electron chi connectivity index (χ1n) is 6.58. The molecule has 0 radical (unpaired) electrons. The number of hydrogen-bond acceptors (Lipinski definition) is 5. The summed E-state index contributed by atoms with van der Waals surface area (Å²) in [7, 11) is 1.43. The Kier molecular flexibility index (Phi) is 5.27. The van der Waals surface area contributed by atoms with Crippen LogP contribution in [0.15, 0.2) is 23.6 Å². The van der Waals surface area contributed by atoms with Gasteiger partial charge in [-0.1, -0.05) is 0 Å². The molecule has 0 fully saturated rings. The summed E-state index contributed by atoms with van der Waals surface area (Å²) < 4.78 is 23.4. The second-order valence-electron chi connectivity index (χ2n) is 4.30. The van der Waals surface area contributed by atoms with Crippen molar-refractivity contribution < 1.29 is 18.7 Å². The molecule has 1 aromatic heterocycles. The maximum absolute atomic E-state index is 13.7. The third kappa shape index (κ3) is 4.01. The molecule has 1 aromatic carbocycles. The third-order valence-corrected chi connectivity index (χ3v) is 3.78. The Bertz CT molecular complexity index is 627. The van der Waals surface area contributed by atoms with Crippen LogP contribution in [0, 0.1) is 5.82 Å². The van der Waals surface area contributed by atoms with Crippen LogP contribution in [0.4, 0.5) is 4.39 Å². The Morgan fingerprint density at radius 3 is 2.90 bits per heavy atom. The molecule has 4 nitrogen and oxygen atoms in total. The van der Waals surface area contributed by atoms with Gasteiger partial charge in [0.1, 0.15) is 5.01 Å². The molecule has 2 aromatic rings. The zero-order valence-electron chi connectivity index (χ0n) is 11.9. The van der Waals surface area contributed by atoms with Crippen molar-refractivity contribution in [1.82, 2.24) is 4.98 Å². The third-order valence-electron chi connectivity index (χ3n) is 2.84. The van der Waals surface area contributed by atoms with Crippen molar-refractivity contribution in [2.24, 2.45) is 0 Å². The lowest BCUT2D eigenvalue weighted by Gasteiger charge is -2.03. The van der Waals surface area contributed by atoms with Gasteiger partial charge in [0.05, 0.1) is 25.8 Å². The van der Waals surface area contributed by atoms with Gasteiger partial charge in [0.15, 0.2) is 11.6 Å². The number of aryl methyl sites for hydroxylation is 1. The predicted octanol–water partition coefficient (Wildman–Crippen LogP) is 3.45. The predicted molar refractivity (Wildman–Crippen MR) is 79.0 cm³/mol. The molecule has 0 unspecified atom stereocenters. The molecule has 21 heavy (non-hydrogen) atoms. The second kappa shape index (κ2) is 7.17. The van der Waals surface area contributed by atoms with E-state index in [-0.39, 0.29) is 11.7 Å². The van der Waals surface area contributed by atoms with Crippen LogP contribution in [-0.4, -0.2) is 24.7 Å². The van der Waals surface area contributed by atoms with Crippen LogP contribution in [0.2, 0.25) is 0 Å². The highest BCUT2D eigenvalue weighted by Gasteiger charge is 2.10. The van der Waals surface area contributed by atoms with Gasteiger partial charge in [-0.25, -0.2) is 9.37 Å². The summed E-state index contributed by atoms with van der Waals surface area (Å²) in [5.74, 6) is -0.446. The molecule has 0 aliphatic carbocycles. The van der Waals surface area contributed by atoms with Gasteiger partial charge in [0.2, 0.25) is 0 Å². The van der Waals surface area contributed by atoms with Crippen LogP contribution < -0.4 is 4.74 Å². The molecule has 0 aliphatic heterocycles. The van der Waals surface area contributed by atoms with Crippen molar-refractivity contribution in [1.29, 1.82) is 0 Å². The molecule has 0 bridgehead atoms. The first kappa shape index (κ1) is 15.4. The molecule has 2 rings (SSSR count). The van der Waals surface area contributed by atoms with E-state index >= 15 is 0 Å². The number of halogens is 1. The van der Waals surface area contributed by atoms with Gasteiger partial charge >= 0.3 is 5.97 Å². The van der Waals surface area contributed by atoms with E-state index < -0.39 is 5.82 Å². The molecule has 0 saturated heterocycles. The number of carbonyl (C=O) groups excluding carboxylic acids is 1. The van der Waals surface area contributed by atoms with Gasteiger partial charge in [0.25, 0.3) is 0 Å². The minimum atomic E-state index is -0.418. The highest BCUT2D eigenvalue weighted by Crippen LogP contribution is 2.28. The fraction of sp³-hybridized carbons (Fsp3) is 0.333. The number of methoxy groups -OCH3 is 1. The summed E-state index contributed by atoms with van der Waals surface area (Å²) in [5.41, 5.74) is 1.50. The summed E-state index contributed by atoms with van der Waals surface area (Å²) >= 11 is 1.42. The molecule has 112 valence electrons. The van der Waals surface area contributed by atoms with Gasteiger partial charge in [-0.05, 0) is 25.1 Å². The minimum Gasteiger partial charge on any atom is -0.494 e. The first-order valence-corrected chi connectivity index (χ1v) is 7.46. The maximum atomic E-state index is 13.7. The second-order valence-corrected chi connectivity index (χ2v) is 5.16. The van der Waals surface area contributed by atoms with Crippen LogP contribution >= 0.6 is 11.3 Å². The standard InChI is InChI=1S/C15H16FNO3S/c1-3-20-14(18)7-5-11-9-21-15(17-11)10-4-6-13(19-2)12(16)8-10/h4,6,8-9H,3,5,7H2,1-2H3. The molecular formula is C15H16FNO3S. The topological polar surface area (TPSA) is 48.4 Å². The van der Waals surface area contributed by atoms with Crippen molar-refractivity contribution in [3.8, 4) is 16.3 Å². The normalized spacial score (nSPS) is 10.4. The number of hydrogen-bond donors (Lipinski definition) is 0. The van der Waals surface area contributed by atoms with Crippen LogP contribution in [0.3, 0.4) is 0 Å². The summed E-state index contributed by atoms with van der Waals surface area (Å²) in [4.78, 5) is 15.7. The number of rotatable bonds is 6. The number of nitrogens with zero attached hydrogens (tertiary/aromatic N) is 1.